The summed E-state index contributed by atoms with van der Waals surface area (Å²) in [5, 5.41) is 2.12. The van der Waals surface area contributed by atoms with Crippen molar-refractivity contribution >= 4 is 22.7 Å². The highest BCUT2D eigenvalue weighted by Crippen LogP contribution is 2.30. The van der Waals surface area contributed by atoms with Crippen LogP contribution in [0.15, 0.2) is 29.6 Å². The Labute approximate surface area is 118 Å². The summed E-state index contributed by atoms with van der Waals surface area (Å²) in [6, 6.07) is 8.58. The maximum Gasteiger partial charge on any atom is 0.0775 e. The minimum absolute atomic E-state index is 1.03. The molecule has 0 radical (unpaired) electrons. The van der Waals surface area contributed by atoms with E-state index >= 15 is 0 Å². The molecule has 0 fully saturated rings. The monoisotopic (exact) mass is 274 g/mol. The van der Waals surface area contributed by atoms with Crippen LogP contribution in [0.1, 0.15) is 43.9 Å². The lowest BCUT2D eigenvalue weighted by molar-refractivity contribution is 0.679. The van der Waals surface area contributed by atoms with Gasteiger partial charge in [0, 0.05) is 16.2 Å². The van der Waals surface area contributed by atoms with Crippen LogP contribution < -0.4 is 0 Å². The van der Waals surface area contributed by atoms with Crippen LogP contribution in [0.2, 0.25) is 0 Å². The molecule has 0 aliphatic carbocycles. The van der Waals surface area contributed by atoms with Gasteiger partial charge in [-0.1, -0.05) is 44.1 Å². The topological polar surface area (TPSA) is 0 Å². The maximum absolute atomic E-state index is 3.28. The lowest BCUT2D eigenvalue weighted by Gasteiger charge is -1.91. The first-order valence-electron chi connectivity index (χ1n) is 6.52. The normalized spacial score (nSPS) is 10.1. The molecule has 0 saturated heterocycles. The van der Waals surface area contributed by atoms with Crippen molar-refractivity contribution in [3.63, 3.8) is 0 Å². The highest BCUT2D eigenvalue weighted by Gasteiger charge is 2.01. The Bertz CT molecular complexity index is 509. The summed E-state index contributed by atoms with van der Waals surface area (Å²) in [4.78, 5) is 3.87. The molecule has 0 saturated carbocycles. The zero-order chi connectivity index (χ0) is 12.6. The Hall–Kier alpha value is -1.04. The summed E-state index contributed by atoms with van der Waals surface area (Å²) in [7, 11) is 0. The van der Waals surface area contributed by atoms with Gasteiger partial charge in [0.05, 0.1) is 4.88 Å². The van der Waals surface area contributed by atoms with Gasteiger partial charge in [-0.05, 0) is 30.0 Å². The zero-order valence-electron chi connectivity index (χ0n) is 10.7. The Kier molecular flexibility index (Phi) is 5.51. The van der Waals surface area contributed by atoms with Crippen LogP contribution >= 0.6 is 22.7 Å². The quantitative estimate of drug-likeness (QED) is 0.477. The van der Waals surface area contributed by atoms with Crippen LogP contribution in [-0.4, -0.2) is 0 Å². The highest BCUT2D eigenvalue weighted by atomic mass is 32.1. The van der Waals surface area contributed by atoms with Crippen LogP contribution in [-0.2, 0) is 0 Å². The molecule has 18 heavy (non-hydrogen) atoms. The fraction of sp³-hybridized carbons (Fsp3) is 0.375. The Morgan fingerprint density at radius 3 is 2.78 bits per heavy atom. The van der Waals surface area contributed by atoms with Gasteiger partial charge in [0.2, 0.25) is 0 Å². The fourth-order valence-electron chi connectivity index (χ4n) is 1.75. The molecule has 2 aromatic rings. The summed E-state index contributed by atoms with van der Waals surface area (Å²) >= 11 is 3.58. The van der Waals surface area contributed by atoms with Gasteiger partial charge < -0.3 is 0 Å². The summed E-state index contributed by atoms with van der Waals surface area (Å²) in [6.07, 6.45) is 6.22. The van der Waals surface area contributed by atoms with Crippen LogP contribution in [0.25, 0.3) is 9.75 Å². The molecule has 0 aromatic carbocycles. The molecular formula is C16H18S2. The molecule has 0 unspecified atom stereocenters. The third-order valence-corrected chi connectivity index (χ3v) is 4.80. The van der Waals surface area contributed by atoms with Gasteiger partial charge in [0.15, 0.2) is 0 Å². The van der Waals surface area contributed by atoms with Crippen molar-refractivity contribution in [1.82, 2.24) is 0 Å². The van der Waals surface area contributed by atoms with E-state index in [2.05, 4.69) is 48.4 Å². The van der Waals surface area contributed by atoms with E-state index in [-0.39, 0.29) is 0 Å². The Morgan fingerprint density at radius 2 is 2.00 bits per heavy atom. The Balaban J connectivity index is 1.85. The number of rotatable bonds is 5. The number of thiophene rings is 2. The molecule has 0 amide bonds. The molecule has 0 N–H and O–H groups in total. The number of hydrogen-bond acceptors (Lipinski definition) is 2. The largest absolute Gasteiger partial charge is 0.143 e. The maximum atomic E-state index is 3.28. The molecule has 0 nitrogen and oxygen atoms in total. The Morgan fingerprint density at radius 1 is 1.06 bits per heavy atom. The van der Waals surface area contributed by atoms with Crippen molar-refractivity contribution in [2.75, 3.05) is 0 Å². The predicted molar refractivity (Wildman–Crippen MR) is 83.3 cm³/mol. The van der Waals surface area contributed by atoms with E-state index < -0.39 is 0 Å². The average Bonchev–Trinajstić information content (AvgIpc) is 3.03. The second-order valence-corrected chi connectivity index (χ2v) is 6.29. The summed E-state index contributed by atoms with van der Waals surface area (Å²) in [5.74, 6) is 6.56. The molecular weight excluding hydrogens is 256 g/mol. The second kappa shape index (κ2) is 7.41. The van der Waals surface area contributed by atoms with Crippen molar-refractivity contribution in [3.8, 4) is 21.6 Å². The van der Waals surface area contributed by atoms with E-state index in [1.165, 1.54) is 40.3 Å². The first kappa shape index (κ1) is 13.4. The first-order chi connectivity index (χ1) is 8.90. The van der Waals surface area contributed by atoms with Gasteiger partial charge >= 0.3 is 0 Å². The minimum Gasteiger partial charge on any atom is -0.143 e. The number of unbranched alkanes of at least 4 members (excludes halogenated alkanes) is 4. The second-order valence-electron chi connectivity index (χ2n) is 4.25. The molecule has 0 spiro atoms. The standard InChI is InChI=1S/C16H18S2/c1-2-3-4-5-6-7-9-14-11-12-16(18-14)15-10-8-13-17-15/h8,10-13H,2-6H2,1H3. The molecule has 2 rings (SSSR count). The molecule has 0 bridgehead atoms. The molecule has 94 valence electrons. The highest BCUT2D eigenvalue weighted by molar-refractivity contribution is 7.21. The number of hydrogen-bond donors (Lipinski definition) is 0. The third-order valence-electron chi connectivity index (χ3n) is 2.74. The van der Waals surface area contributed by atoms with Gasteiger partial charge in [-0.25, -0.2) is 0 Å². The third kappa shape index (κ3) is 4.01. The van der Waals surface area contributed by atoms with E-state index in [0.29, 0.717) is 0 Å². The first-order valence-corrected chi connectivity index (χ1v) is 8.22. The molecule has 2 aromatic heterocycles. The molecule has 0 aliphatic heterocycles. The summed E-state index contributed by atoms with van der Waals surface area (Å²) in [6.45, 7) is 2.24. The van der Waals surface area contributed by atoms with Gasteiger partial charge in [-0.2, -0.15) is 0 Å². The van der Waals surface area contributed by atoms with Gasteiger partial charge in [-0.15, -0.1) is 22.7 Å². The summed E-state index contributed by atoms with van der Waals surface area (Å²) < 4.78 is 0. The molecule has 0 atom stereocenters. The van der Waals surface area contributed by atoms with E-state index in [9.17, 15) is 0 Å². The lowest BCUT2D eigenvalue weighted by atomic mass is 10.2. The van der Waals surface area contributed by atoms with Gasteiger partial charge in [0.1, 0.15) is 0 Å². The molecule has 2 heteroatoms. The van der Waals surface area contributed by atoms with E-state index in [1.54, 1.807) is 22.7 Å². The van der Waals surface area contributed by atoms with E-state index in [1.807, 2.05) is 0 Å². The fourth-order valence-corrected chi connectivity index (χ4v) is 3.46. The SMILES string of the molecule is CCCCCCC#Cc1ccc(-c2cccs2)s1. The molecule has 2 heterocycles. The van der Waals surface area contributed by atoms with Crippen LogP contribution in [0.5, 0.6) is 0 Å². The van der Waals surface area contributed by atoms with Crippen LogP contribution in [0, 0.1) is 11.8 Å². The summed E-state index contributed by atoms with van der Waals surface area (Å²) in [5.41, 5.74) is 0. The smallest absolute Gasteiger partial charge is 0.0775 e. The zero-order valence-corrected chi connectivity index (χ0v) is 12.4. The van der Waals surface area contributed by atoms with Gasteiger partial charge in [-0.3, -0.25) is 0 Å². The van der Waals surface area contributed by atoms with Crippen molar-refractivity contribution in [2.24, 2.45) is 0 Å². The van der Waals surface area contributed by atoms with Crippen molar-refractivity contribution in [3.05, 3.63) is 34.5 Å². The van der Waals surface area contributed by atoms with Crippen molar-refractivity contribution < 1.29 is 0 Å². The minimum atomic E-state index is 1.03. The van der Waals surface area contributed by atoms with E-state index in [4.69, 9.17) is 0 Å². The van der Waals surface area contributed by atoms with Gasteiger partial charge in [0.25, 0.3) is 0 Å². The van der Waals surface area contributed by atoms with Crippen LogP contribution in [0.4, 0.5) is 0 Å². The molecule has 0 aliphatic rings. The van der Waals surface area contributed by atoms with Crippen molar-refractivity contribution in [2.45, 2.75) is 39.0 Å². The predicted octanol–water partition coefficient (Wildman–Crippen LogP) is 5.80. The van der Waals surface area contributed by atoms with E-state index in [0.717, 1.165) is 6.42 Å². The average molecular weight is 274 g/mol. The lowest BCUT2D eigenvalue weighted by Crippen LogP contribution is -1.73. The van der Waals surface area contributed by atoms with Crippen LogP contribution in [0.3, 0.4) is 0 Å². The van der Waals surface area contributed by atoms with Crippen molar-refractivity contribution in [1.29, 1.82) is 0 Å².